The maximum absolute atomic E-state index is 13.9. The molecule has 1 unspecified atom stereocenters. The maximum atomic E-state index is 13.9. The molecule has 0 saturated carbocycles. The van der Waals surface area contributed by atoms with Gasteiger partial charge in [0, 0.05) is 10.0 Å². The first-order chi connectivity index (χ1) is 8.99. The third-order valence-corrected chi connectivity index (χ3v) is 4.06. The molecule has 5 heteroatoms. The van der Waals surface area contributed by atoms with Gasteiger partial charge in [-0.05, 0) is 31.2 Å². The van der Waals surface area contributed by atoms with E-state index in [-0.39, 0.29) is 11.9 Å². The molecule has 2 aromatic rings. The van der Waals surface area contributed by atoms with Gasteiger partial charge >= 0.3 is 0 Å². The highest BCUT2D eigenvalue weighted by Gasteiger charge is 2.13. The number of nitrogens with one attached hydrogen (secondary N) is 1. The lowest BCUT2D eigenvalue weighted by atomic mass is 10.1. The summed E-state index contributed by atoms with van der Waals surface area (Å²) in [6.07, 6.45) is 0. The van der Waals surface area contributed by atoms with Gasteiger partial charge in [0.05, 0.1) is 21.8 Å². The van der Waals surface area contributed by atoms with E-state index < -0.39 is 0 Å². The number of anilines is 1. The Labute approximate surface area is 129 Å². The van der Waals surface area contributed by atoms with Crippen LogP contribution in [0.25, 0.3) is 0 Å². The Morgan fingerprint density at radius 2 is 1.95 bits per heavy atom. The molecule has 0 aliphatic heterocycles. The minimum atomic E-state index is -0.271. The van der Waals surface area contributed by atoms with Crippen molar-refractivity contribution >= 4 is 44.8 Å². The van der Waals surface area contributed by atoms with Gasteiger partial charge in [-0.1, -0.05) is 51.3 Å². The van der Waals surface area contributed by atoms with Crippen molar-refractivity contribution in [3.05, 3.63) is 62.3 Å². The van der Waals surface area contributed by atoms with Crippen LogP contribution in [-0.2, 0) is 0 Å². The minimum Gasteiger partial charge on any atom is -0.377 e. The summed E-state index contributed by atoms with van der Waals surface area (Å²) in [7, 11) is 0. The number of benzene rings is 2. The first-order valence-corrected chi connectivity index (χ1v) is 7.19. The fraction of sp³-hybridized carbons (Fsp3) is 0.143. The Morgan fingerprint density at radius 3 is 2.63 bits per heavy atom. The Bertz CT molecular complexity index is 604. The molecule has 0 radical (unpaired) electrons. The molecule has 0 heterocycles. The number of rotatable bonds is 3. The fourth-order valence-electron chi connectivity index (χ4n) is 1.78. The van der Waals surface area contributed by atoms with Crippen LogP contribution >= 0.6 is 39.1 Å². The average molecular weight is 363 g/mol. The van der Waals surface area contributed by atoms with Crippen molar-refractivity contribution < 1.29 is 4.39 Å². The Hall–Kier alpha value is -0.770. The fourth-order valence-corrected chi connectivity index (χ4v) is 2.47. The van der Waals surface area contributed by atoms with Crippen LogP contribution in [0, 0.1) is 5.82 Å². The summed E-state index contributed by atoms with van der Waals surface area (Å²) in [5.74, 6) is -0.271. The van der Waals surface area contributed by atoms with E-state index in [1.807, 2.05) is 13.0 Å². The molecule has 1 N–H and O–H groups in total. The van der Waals surface area contributed by atoms with Crippen molar-refractivity contribution in [3.8, 4) is 0 Å². The van der Waals surface area contributed by atoms with Gasteiger partial charge < -0.3 is 5.32 Å². The predicted molar refractivity (Wildman–Crippen MR) is 82.6 cm³/mol. The summed E-state index contributed by atoms with van der Waals surface area (Å²) in [5, 5.41) is 4.06. The van der Waals surface area contributed by atoms with E-state index in [0.717, 1.165) is 0 Å². The molecule has 0 aliphatic rings. The molecular formula is C14H11BrCl2FN. The van der Waals surface area contributed by atoms with Crippen LogP contribution in [0.4, 0.5) is 10.1 Å². The molecule has 0 spiro atoms. The van der Waals surface area contributed by atoms with Crippen molar-refractivity contribution in [2.75, 3.05) is 5.32 Å². The molecule has 2 aromatic carbocycles. The van der Waals surface area contributed by atoms with Gasteiger partial charge in [0.25, 0.3) is 0 Å². The zero-order valence-corrected chi connectivity index (χ0v) is 13.2. The third-order valence-electron chi connectivity index (χ3n) is 2.75. The molecule has 0 bridgehead atoms. The van der Waals surface area contributed by atoms with Gasteiger partial charge in [0.2, 0.25) is 0 Å². The standard InChI is InChI=1S/C14H11BrCl2FN/c1-8(10-6-5-9(15)7-12(10)18)19-13-4-2-3-11(16)14(13)17/h2-8,19H,1H3. The highest BCUT2D eigenvalue weighted by molar-refractivity contribution is 9.10. The SMILES string of the molecule is CC(Nc1cccc(Cl)c1Cl)c1ccc(Br)cc1F. The van der Waals surface area contributed by atoms with E-state index >= 15 is 0 Å². The molecule has 0 amide bonds. The highest BCUT2D eigenvalue weighted by Crippen LogP contribution is 2.32. The summed E-state index contributed by atoms with van der Waals surface area (Å²) in [6.45, 7) is 1.86. The van der Waals surface area contributed by atoms with Gasteiger partial charge in [-0.15, -0.1) is 0 Å². The summed E-state index contributed by atoms with van der Waals surface area (Å²) >= 11 is 15.3. The van der Waals surface area contributed by atoms with Crippen molar-refractivity contribution in [2.24, 2.45) is 0 Å². The van der Waals surface area contributed by atoms with Gasteiger partial charge in [-0.2, -0.15) is 0 Å². The smallest absolute Gasteiger partial charge is 0.129 e. The van der Waals surface area contributed by atoms with Crippen molar-refractivity contribution in [1.29, 1.82) is 0 Å². The second-order valence-corrected chi connectivity index (χ2v) is 5.83. The molecule has 0 saturated heterocycles. The topological polar surface area (TPSA) is 12.0 Å². The van der Waals surface area contributed by atoms with E-state index in [9.17, 15) is 4.39 Å². The molecule has 100 valence electrons. The number of halogens is 4. The first-order valence-electron chi connectivity index (χ1n) is 5.64. The average Bonchev–Trinajstić information content (AvgIpc) is 2.34. The van der Waals surface area contributed by atoms with Crippen molar-refractivity contribution in [1.82, 2.24) is 0 Å². The highest BCUT2D eigenvalue weighted by atomic mass is 79.9. The van der Waals surface area contributed by atoms with E-state index in [1.165, 1.54) is 6.07 Å². The largest absolute Gasteiger partial charge is 0.377 e. The summed E-state index contributed by atoms with van der Waals surface area (Å²) in [5.41, 5.74) is 1.25. The Morgan fingerprint density at radius 1 is 1.21 bits per heavy atom. The second kappa shape index (κ2) is 6.12. The molecule has 2 rings (SSSR count). The molecule has 0 aliphatic carbocycles. The zero-order valence-electron chi connectivity index (χ0n) is 10.1. The lowest BCUT2D eigenvalue weighted by Gasteiger charge is -2.18. The van der Waals surface area contributed by atoms with Crippen molar-refractivity contribution in [2.45, 2.75) is 13.0 Å². The third kappa shape index (κ3) is 3.41. The monoisotopic (exact) mass is 361 g/mol. The lowest BCUT2D eigenvalue weighted by Crippen LogP contribution is -2.09. The Kier molecular flexibility index (Phi) is 4.71. The van der Waals surface area contributed by atoms with Gasteiger partial charge in [-0.3, -0.25) is 0 Å². The summed E-state index contributed by atoms with van der Waals surface area (Å²) in [4.78, 5) is 0. The van der Waals surface area contributed by atoms with E-state index in [2.05, 4.69) is 21.2 Å². The summed E-state index contributed by atoms with van der Waals surface area (Å²) in [6, 6.07) is 10.1. The maximum Gasteiger partial charge on any atom is 0.129 e. The van der Waals surface area contributed by atoms with E-state index in [0.29, 0.717) is 25.8 Å². The first kappa shape index (κ1) is 14.6. The van der Waals surface area contributed by atoms with Crippen LogP contribution < -0.4 is 5.32 Å². The predicted octanol–water partition coefficient (Wildman–Crippen LogP) is 6.07. The van der Waals surface area contributed by atoms with Crippen LogP contribution in [0.3, 0.4) is 0 Å². The van der Waals surface area contributed by atoms with Gasteiger partial charge in [-0.25, -0.2) is 4.39 Å². The molecule has 1 atom stereocenters. The molecular weight excluding hydrogens is 352 g/mol. The quantitative estimate of drug-likeness (QED) is 0.698. The van der Waals surface area contributed by atoms with Crippen LogP contribution in [0.15, 0.2) is 40.9 Å². The van der Waals surface area contributed by atoms with Gasteiger partial charge in [0.15, 0.2) is 0 Å². The molecule has 0 aromatic heterocycles. The van der Waals surface area contributed by atoms with Crippen LogP contribution in [0.2, 0.25) is 10.0 Å². The van der Waals surface area contributed by atoms with Crippen LogP contribution in [-0.4, -0.2) is 0 Å². The molecule has 19 heavy (non-hydrogen) atoms. The van der Waals surface area contributed by atoms with E-state index in [4.69, 9.17) is 23.2 Å². The molecule has 1 nitrogen and oxygen atoms in total. The van der Waals surface area contributed by atoms with Crippen LogP contribution in [0.5, 0.6) is 0 Å². The lowest BCUT2D eigenvalue weighted by molar-refractivity contribution is 0.599. The number of hydrogen-bond acceptors (Lipinski definition) is 1. The van der Waals surface area contributed by atoms with E-state index in [1.54, 1.807) is 24.3 Å². The summed E-state index contributed by atoms with van der Waals surface area (Å²) < 4.78 is 14.6. The van der Waals surface area contributed by atoms with Gasteiger partial charge in [0.1, 0.15) is 5.82 Å². The zero-order chi connectivity index (χ0) is 14.0. The molecule has 0 fully saturated rings. The van der Waals surface area contributed by atoms with Crippen LogP contribution in [0.1, 0.15) is 18.5 Å². The second-order valence-electron chi connectivity index (χ2n) is 4.13. The number of hydrogen-bond donors (Lipinski definition) is 1. The Balaban J connectivity index is 2.25. The normalized spacial score (nSPS) is 12.3. The minimum absolute atomic E-state index is 0.218. The van der Waals surface area contributed by atoms with Crippen molar-refractivity contribution in [3.63, 3.8) is 0 Å².